The lowest BCUT2D eigenvalue weighted by Crippen LogP contribution is -2.21. The molecule has 0 amide bonds. The second-order valence-corrected chi connectivity index (χ2v) is 5.44. The summed E-state index contributed by atoms with van der Waals surface area (Å²) in [5.74, 6) is 0.134. The summed E-state index contributed by atoms with van der Waals surface area (Å²) >= 11 is 1.12. The van der Waals surface area contributed by atoms with Crippen molar-refractivity contribution in [3.63, 3.8) is 0 Å². The number of rotatable bonds is 6. The molecule has 8 heteroatoms. The Bertz CT molecular complexity index is 679. The van der Waals surface area contributed by atoms with Gasteiger partial charge in [-0.1, -0.05) is 23.5 Å². The zero-order valence-electron chi connectivity index (χ0n) is 11.8. The highest BCUT2D eigenvalue weighted by Crippen LogP contribution is 2.26. The minimum absolute atomic E-state index is 0.0547. The van der Waals surface area contributed by atoms with Crippen molar-refractivity contribution in [1.29, 1.82) is 0 Å². The number of hydrogen-bond donors (Lipinski definition) is 1. The van der Waals surface area contributed by atoms with Crippen LogP contribution in [-0.2, 0) is 6.54 Å². The highest BCUT2D eigenvalue weighted by molar-refractivity contribution is 7.07. The maximum absolute atomic E-state index is 12.2. The molecule has 0 fully saturated rings. The topological polar surface area (TPSA) is 43.3 Å². The molecule has 1 N–H and O–H groups in total. The van der Waals surface area contributed by atoms with Crippen LogP contribution in [-0.4, -0.2) is 23.9 Å². The predicted molar refractivity (Wildman–Crippen MR) is 79.8 cm³/mol. The number of nitrogens with zero attached hydrogens (tertiary/aromatic N) is 1. The first kappa shape index (κ1) is 16.4. The highest BCUT2D eigenvalue weighted by Gasteiger charge is 2.28. The van der Waals surface area contributed by atoms with Crippen LogP contribution in [0.5, 0.6) is 5.75 Å². The molecular formula is C14H15F3N2O2S. The third kappa shape index (κ3) is 4.52. The quantitative estimate of drug-likeness (QED) is 0.883. The number of anilines is 1. The molecule has 0 radical (unpaired) electrons. The molecule has 0 saturated heterocycles. The van der Waals surface area contributed by atoms with Gasteiger partial charge in [0.15, 0.2) is 6.61 Å². The normalized spacial score (nSPS) is 11.5. The second-order valence-electron chi connectivity index (χ2n) is 4.62. The Kier molecular flexibility index (Phi) is 5.12. The number of alkyl halides is 3. The number of aromatic nitrogens is 1. The fourth-order valence-electron chi connectivity index (χ4n) is 1.88. The molecule has 0 aliphatic rings. The molecule has 2 rings (SSSR count). The van der Waals surface area contributed by atoms with Gasteiger partial charge in [-0.15, -0.1) is 0 Å². The van der Waals surface area contributed by atoms with Crippen molar-refractivity contribution >= 4 is 17.0 Å². The number of hydrogen-bond acceptors (Lipinski definition) is 4. The molecule has 0 aliphatic carbocycles. The molecule has 4 nitrogen and oxygen atoms in total. The van der Waals surface area contributed by atoms with Crippen molar-refractivity contribution in [3.8, 4) is 5.75 Å². The summed E-state index contributed by atoms with van der Waals surface area (Å²) < 4.78 is 43.0. The third-order valence-corrected chi connectivity index (χ3v) is 3.79. The van der Waals surface area contributed by atoms with Gasteiger partial charge in [0.25, 0.3) is 0 Å². The lowest BCUT2D eigenvalue weighted by molar-refractivity contribution is -0.153. The molecule has 1 aromatic carbocycles. The van der Waals surface area contributed by atoms with Gasteiger partial charge >= 0.3 is 11.0 Å². The van der Waals surface area contributed by atoms with Crippen LogP contribution >= 0.6 is 11.3 Å². The fraction of sp³-hybridized carbons (Fsp3) is 0.357. The standard InChI is InChI=1S/C14H15F3N2O2S/c1-10-8-22-13(20)19(10)7-6-18-11-4-2-3-5-12(11)21-9-14(15,16)17/h2-5,8,18H,6-7,9H2,1H3. The summed E-state index contributed by atoms with van der Waals surface area (Å²) in [5.41, 5.74) is 1.33. The Morgan fingerprint density at radius 3 is 2.68 bits per heavy atom. The summed E-state index contributed by atoms with van der Waals surface area (Å²) in [5, 5.41) is 4.76. The van der Waals surface area contributed by atoms with Crippen molar-refractivity contribution in [2.45, 2.75) is 19.6 Å². The van der Waals surface area contributed by atoms with Gasteiger partial charge in [0.1, 0.15) is 5.75 Å². The largest absolute Gasteiger partial charge is 0.482 e. The van der Waals surface area contributed by atoms with Gasteiger partial charge in [0, 0.05) is 24.2 Å². The first-order valence-electron chi connectivity index (χ1n) is 6.54. The minimum Gasteiger partial charge on any atom is -0.482 e. The minimum atomic E-state index is -4.38. The van der Waals surface area contributed by atoms with Crippen LogP contribution in [0.25, 0.3) is 0 Å². The van der Waals surface area contributed by atoms with Gasteiger partial charge in [-0.2, -0.15) is 13.2 Å². The Morgan fingerprint density at radius 1 is 1.32 bits per heavy atom. The van der Waals surface area contributed by atoms with E-state index in [1.165, 1.54) is 6.07 Å². The monoisotopic (exact) mass is 332 g/mol. The Labute approximate surface area is 129 Å². The molecular weight excluding hydrogens is 317 g/mol. The van der Waals surface area contributed by atoms with Crippen molar-refractivity contribution in [1.82, 2.24) is 4.57 Å². The van der Waals surface area contributed by atoms with Crippen molar-refractivity contribution in [2.24, 2.45) is 0 Å². The van der Waals surface area contributed by atoms with Gasteiger partial charge in [-0.05, 0) is 19.1 Å². The molecule has 22 heavy (non-hydrogen) atoms. The van der Waals surface area contributed by atoms with E-state index in [2.05, 4.69) is 5.32 Å². The second kappa shape index (κ2) is 6.87. The van der Waals surface area contributed by atoms with Gasteiger partial charge in [-0.25, -0.2) is 0 Å². The van der Waals surface area contributed by atoms with E-state index >= 15 is 0 Å². The first-order valence-corrected chi connectivity index (χ1v) is 7.42. The predicted octanol–water partition coefficient (Wildman–Crippen LogP) is 3.27. The van der Waals surface area contributed by atoms with Crippen LogP contribution in [0.2, 0.25) is 0 Å². The van der Waals surface area contributed by atoms with E-state index in [-0.39, 0.29) is 10.6 Å². The Balaban J connectivity index is 1.97. The van der Waals surface area contributed by atoms with Crippen LogP contribution in [0.4, 0.5) is 18.9 Å². The van der Waals surface area contributed by atoms with Crippen molar-refractivity contribution in [3.05, 3.63) is 45.0 Å². The highest BCUT2D eigenvalue weighted by atomic mass is 32.1. The molecule has 0 atom stereocenters. The van der Waals surface area contributed by atoms with E-state index < -0.39 is 12.8 Å². The summed E-state index contributed by atoms with van der Waals surface area (Å²) in [6, 6.07) is 6.40. The van der Waals surface area contributed by atoms with Crippen molar-refractivity contribution < 1.29 is 17.9 Å². The van der Waals surface area contributed by atoms with Crippen LogP contribution in [0.3, 0.4) is 0 Å². The smallest absolute Gasteiger partial charge is 0.422 e. The molecule has 1 heterocycles. The number of para-hydroxylation sites is 2. The van der Waals surface area contributed by atoms with Gasteiger partial charge in [0.05, 0.1) is 5.69 Å². The van der Waals surface area contributed by atoms with Gasteiger partial charge in [-0.3, -0.25) is 4.79 Å². The molecule has 0 bridgehead atoms. The first-order chi connectivity index (χ1) is 10.4. The molecule has 0 spiro atoms. The lowest BCUT2D eigenvalue weighted by atomic mass is 10.3. The summed E-state index contributed by atoms with van der Waals surface area (Å²) in [6.45, 7) is 1.33. The summed E-state index contributed by atoms with van der Waals surface area (Å²) in [7, 11) is 0. The maximum Gasteiger partial charge on any atom is 0.422 e. The summed E-state index contributed by atoms with van der Waals surface area (Å²) in [6.07, 6.45) is -4.38. The van der Waals surface area contributed by atoms with Crippen LogP contribution in [0, 0.1) is 6.92 Å². The number of aryl methyl sites for hydroxylation is 1. The van der Waals surface area contributed by atoms with Crippen LogP contribution < -0.4 is 14.9 Å². The third-order valence-electron chi connectivity index (χ3n) is 2.91. The Morgan fingerprint density at radius 2 is 2.05 bits per heavy atom. The van der Waals surface area contributed by atoms with E-state index in [4.69, 9.17) is 4.74 Å². The molecule has 2 aromatic rings. The molecule has 0 saturated carbocycles. The zero-order valence-corrected chi connectivity index (χ0v) is 12.6. The van der Waals surface area contributed by atoms with E-state index in [1.54, 1.807) is 28.1 Å². The fourth-order valence-corrected chi connectivity index (χ4v) is 2.64. The maximum atomic E-state index is 12.2. The van der Waals surface area contributed by atoms with Gasteiger partial charge in [0.2, 0.25) is 0 Å². The molecule has 0 aliphatic heterocycles. The number of ether oxygens (including phenoxy) is 1. The average molecular weight is 332 g/mol. The van der Waals surface area contributed by atoms with Crippen LogP contribution in [0.15, 0.2) is 34.4 Å². The number of halogens is 3. The summed E-state index contributed by atoms with van der Waals surface area (Å²) in [4.78, 5) is 11.5. The average Bonchev–Trinajstić information content (AvgIpc) is 2.77. The SMILES string of the molecule is Cc1csc(=O)n1CCNc1ccccc1OCC(F)(F)F. The number of nitrogens with one attached hydrogen (secondary N) is 1. The van der Waals surface area contributed by atoms with Crippen LogP contribution in [0.1, 0.15) is 5.69 Å². The number of thiazole rings is 1. The van der Waals surface area contributed by atoms with E-state index in [1.807, 2.05) is 6.92 Å². The van der Waals surface area contributed by atoms with E-state index in [0.29, 0.717) is 18.8 Å². The molecule has 0 unspecified atom stereocenters. The number of benzene rings is 1. The molecule has 1 aromatic heterocycles. The Hall–Kier alpha value is -1.96. The van der Waals surface area contributed by atoms with E-state index in [9.17, 15) is 18.0 Å². The zero-order chi connectivity index (χ0) is 16.2. The van der Waals surface area contributed by atoms with E-state index in [0.717, 1.165) is 17.0 Å². The van der Waals surface area contributed by atoms with Crippen molar-refractivity contribution in [2.75, 3.05) is 18.5 Å². The lowest BCUT2D eigenvalue weighted by Gasteiger charge is -2.14. The molecule has 120 valence electrons. The van der Waals surface area contributed by atoms with Gasteiger partial charge < -0.3 is 14.6 Å².